The van der Waals surface area contributed by atoms with E-state index in [0.717, 1.165) is 29.6 Å². The van der Waals surface area contributed by atoms with Gasteiger partial charge in [-0.25, -0.2) is 4.79 Å². The molecular formula is C13H22BrN3O3. The highest BCUT2D eigenvalue weighted by Gasteiger charge is 2.17. The fourth-order valence-electron chi connectivity index (χ4n) is 2.01. The zero-order valence-corrected chi connectivity index (χ0v) is 13.5. The zero-order valence-electron chi connectivity index (χ0n) is 11.9. The first-order valence-corrected chi connectivity index (χ1v) is 7.69. The van der Waals surface area contributed by atoms with Crippen LogP contribution >= 0.6 is 15.9 Å². The molecule has 2 N–H and O–H groups in total. The molecule has 0 aromatic carbocycles. The van der Waals surface area contributed by atoms with Crippen LogP contribution in [-0.2, 0) is 11.3 Å². The Bertz CT molecular complexity index is 423. The molecule has 6 nitrogen and oxygen atoms in total. The Morgan fingerprint density at radius 2 is 2.35 bits per heavy atom. The lowest BCUT2D eigenvalue weighted by atomic mass is 10.1. The van der Waals surface area contributed by atoms with E-state index < -0.39 is 6.09 Å². The van der Waals surface area contributed by atoms with Gasteiger partial charge in [-0.05, 0) is 35.3 Å². The van der Waals surface area contributed by atoms with Crippen LogP contribution < -0.4 is 5.32 Å². The molecule has 1 unspecified atom stereocenters. The number of carbonyl (C=O) groups is 1. The van der Waals surface area contributed by atoms with Crippen molar-refractivity contribution in [3.05, 3.63) is 16.4 Å². The van der Waals surface area contributed by atoms with Gasteiger partial charge in [-0.3, -0.25) is 4.68 Å². The van der Waals surface area contributed by atoms with Crippen LogP contribution in [-0.4, -0.2) is 34.1 Å². The molecule has 0 aliphatic rings. The number of halogens is 1. The molecule has 1 aromatic heterocycles. The lowest BCUT2D eigenvalue weighted by Gasteiger charge is -2.18. The number of carboxylic acid groups (broad SMARTS) is 1. The van der Waals surface area contributed by atoms with Crippen molar-refractivity contribution >= 4 is 22.0 Å². The van der Waals surface area contributed by atoms with E-state index in [4.69, 9.17) is 9.84 Å². The van der Waals surface area contributed by atoms with Gasteiger partial charge in [-0.2, -0.15) is 5.10 Å². The van der Waals surface area contributed by atoms with Crippen LogP contribution in [0.5, 0.6) is 0 Å². The van der Waals surface area contributed by atoms with E-state index in [0.29, 0.717) is 19.7 Å². The van der Waals surface area contributed by atoms with Crippen molar-refractivity contribution in [2.45, 2.75) is 45.8 Å². The molecule has 0 saturated carbocycles. The molecule has 0 aliphatic heterocycles. The third-order valence-electron chi connectivity index (χ3n) is 2.90. The van der Waals surface area contributed by atoms with Crippen LogP contribution in [0, 0.1) is 0 Å². The zero-order chi connectivity index (χ0) is 15.0. The van der Waals surface area contributed by atoms with Crippen molar-refractivity contribution in [2.24, 2.45) is 0 Å². The second kappa shape index (κ2) is 8.97. The fraction of sp³-hybridized carbons (Fsp3) is 0.692. The smallest absolute Gasteiger partial charge is 0.404 e. The summed E-state index contributed by atoms with van der Waals surface area (Å²) in [6.07, 6.45) is 2.11. The summed E-state index contributed by atoms with van der Waals surface area (Å²) < 4.78 is 8.33. The van der Waals surface area contributed by atoms with Crippen molar-refractivity contribution in [1.82, 2.24) is 15.1 Å². The number of hydrogen-bond donors (Lipinski definition) is 2. The Kier molecular flexibility index (Phi) is 7.61. The first kappa shape index (κ1) is 17.0. The van der Waals surface area contributed by atoms with Gasteiger partial charge in [-0.1, -0.05) is 19.8 Å². The van der Waals surface area contributed by atoms with Crippen LogP contribution in [0.25, 0.3) is 0 Å². The summed E-state index contributed by atoms with van der Waals surface area (Å²) in [5, 5.41) is 15.3. The maximum atomic E-state index is 10.5. The number of aromatic nitrogens is 2. The number of nitrogens with zero attached hydrogens (tertiary/aromatic N) is 2. The molecule has 0 aliphatic carbocycles. The summed E-state index contributed by atoms with van der Waals surface area (Å²) in [4.78, 5) is 10.5. The van der Waals surface area contributed by atoms with Crippen molar-refractivity contribution in [2.75, 3.05) is 13.2 Å². The molecule has 114 valence electrons. The highest BCUT2D eigenvalue weighted by Crippen LogP contribution is 2.26. The van der Waals surface area contributed by atoms with E-state index in [-0.39, 0.29) is 6.10 Å². The topological polar surface area (TPSA) is 76.4 Å². The minimum atomic E-state index is -1.02. The Labute approximate surface area is 127 Å². The van der Waals surface area contributed by atoms with Crippen LogP contribution in [0.15, 0.2) is 10.7 Å². The average Bonchev–Trinajstić information content (AvgIpc) is 2.75. The third kappa shape index (κ3) is 5.50. The molecule has 0 spiro atoms. The van der Waals surface area contributed by atoms with Gasteiger partial charge in [-0.15, -0.1) is 0 Å². The Hall–Kier alpha value is -1.08. The maximum absolute atomic E-state index is 10.5. The van der Waals surface area contributed by atoms with Gasteiger partial charge in [0.05, 0.1) is 18.3 Å². The van der Waals surface area contributed by atoms with Crippen LogP contribution in [0.3, 0.4) is 0 Å². The van der Waals surface area contributed by atoms with Crippen molar-refractivity contribution in [3.63, 3.8) is 0 Å². The van der Waals surface area contributed by atoms with Gasteiger partial charge < -0.3 is 15.2 Å². The van der Waals surface area contributed by atoms with E-state index in [1.165, 1.54) is 0 Å². The average molecular weight is 348 g/mol. The molecule has 1 amide bonds. The number of rotatable bonds is 9. The second-order valence-corrected chi connectivity index (χ2v) is 5.25. The summed E-state index contributed by atoms with van der Waals surface area (Å²) in [6.45, 7) is 5.57. The third-order valence-corrected chi connectivity index (χ3v) is 3.29. The quantitative estimate of drug-likeness (QED) is 0.719. The van der Waals surface area contributed by atoms with E-state index in [1.807, 2.05) is 13.0 Å². The van der Waals surface area contributed by atoms with Gasteiger partial charge in [0.25, 0.3) is 0 Å². The van der Waals surface area contributed by atoms with E-state index in [9.17, 15) is 4.79 Å². The van der Waals surface area contributed by atoms with E-state index in [2.05, 4.69) is 33.3 Å². The minimum absolute atomic E-state index is 0.00331. The minimum Gasteiger partial charge on any atom is -0.465 e. The number of hydrogen-bond acceptors (Lipinski definition) is 3. The van der Waals surface area contributed by atoms with Crippen LogP contribution in [0.4, 0.5) is 4.79 Å². The highest BCUT2D eigenvalue weighted by molar-refractivity contribution is 9.10. The van der Waals surface area contributed by atoms with Gasteiger partial charge in [0.2, 0.25) is 0 Å². The summed E-state index contributed by atoms with van der Waals surface area (Å²) in [6, 6.07) is 1.94. The van der Waals surface area contributed by atoms with Gasteiger partial charge >= 0.3 is 6.09 Å². The molecule has 0 saturated heterocycles. The molecule has 0 radical (unpaired) electrons. The lowest BCUT2D eigenvalue weighted by Crippen LogP contribution is -2.26. The first-order chi connectivity index (χ1) is 9.58. The Morgan fingerprint density at radius 3 is 2.95 bits per heavy atom. The molecule has 20 heavy (non-hydrogen) atoms. The van der Waals surface area contributed by atoms with Gasteiger partial charge in [0.15, 0.2) is 0 Å². The summed E-state index contributed by atoms with van der Waals surface area (Å²) in [5.41, 5.74) is 0.986. The fourth-order valence-corrected chi connectivity index (χ4v) is 2.44. The molecule has 1 heterocycles. The summed E-state index contributed by atoms with van der Waals surface area (Å²) in [7, 11) is 0. The predicted octanol–water partition coefficient (Wildman–Crippen LogP) is 3.18. The Balaban J connectivity index is 2.76. The molecular weight excluding hydrogens is 326 g/mol. The normalized spacial score (nSPS) is 12.3. The van der Waals surface area contributed by atoms with Crippen molar-refractivity contribution < 1.29 is 14.6 Å². The lowest BCUT2D eigenvalue weighted by molar-refractivity contribution is 0.0481. The largest absolute Gasteiger partial charge is 0.465 e. The summed E-state index contributed by atoms with van der Waals surface area (Å²) >= 11 is 3.37. The number of amides is 1. The van der Waals surface area contributed by atoms with Crippen molar-refractivity contribution in [3.8, 4) is 0 Å². The first-order valence-electron chi connectivity index (χ1n) is 6.90. The molecule has 0 bridgehead atoms. The molecule has 7 heteroatoms. The molecule has 1 atom stereocenters. The highest BCUT2D eigenvalue weighted by atomic mass is 79.9. The van der Waals surface area contributed by atoms with E-state index in [1.54, 1.807) is 4.68 Å². The summed E-state index contributed by atoms with van der Waals surface area (Å²) in [5.74, 6) is 0. The van der Waals surface area contributed by atoms with E-state index >= 15 is 0 Å². The molecule has 1 rings (SSSR count). The monoisotopic (exact) mass is 347 g/mol. The molecule has 1 aromatic rings. The van der Waals surface area contributed by atoms with Crippen molar-refractivity contribution in [1.29, 1.82) is 0 Å². The second-order valence-electron chi connectivity index (χ2n) is 4.43. The predicted molar refractivity (Wildman–Crippen MR) is 79.8 cm³/mol. The number of unbranched alkanes of at least 4 members (excludes halogenated alkanes) is 1. The standard InChI is InChI=1S/C13H22BrN3O3/c1-3-5-6-11(20-4-2)10-9-12(14)16-17(10)8-7-15-13(18)19/h9,11,15H,3-8H2,1-2H3,(H,18,19). The molecule has 0 fully saturated rings. The van der Waals surface area contributed by atoms with Gasteiger partial charge in [0.1, 0.15) is 4.60 Å². The SMILES string of the molecule is CCCCC(OCC)c1cc(Br)nn1CCNC(=O)O. The van der Waals surface area contributed by atoms with Crippen LogP contribution in [0.2, 0.25) is 0 Å². The number of ether oxygens (including phenoxy) is 1. The van der Waals surface area contributed by atoms with Gasteiger partial charge in [0, 0.05) is 13.2 Å². The maximum Gasteiger partial charge on any atom is 0.404 e. The number of nitrogens with one attached hydrogen (secondary N) is 1. The Morgan fingerprint density at radius 1 is 1.60 bits per heavy atom. The van der Waals surface area contributed by atoms with Crippen LogP contribution in [0.1, 0.15) is 44.9 Å².